The van der Waals surface area contributed by atoms with E-state index in [0.717, 1.165) is 5.56 Å². The molecule has 0 aliphatic heterocycles. The number of aryl methyl sites for hydroxylation is 1. The highest BCUT2D eigenvalue weighted by Crippen LogP contribution is 2.18. The molecule has 5 heteroatoms. The maximum Gasteiger partial charge on any atom is 0.308 e. The van der Waals surface area contributed by atoms with Crippen molar-refractivity contribution >= 4 is 11.9 Å². The molecule has 1 atom stereocenters. The molecule has 0 aliphatic carbocycles. The number of phenolic OH excluding ortho intramolecular Hbond substituents is 1. The van der Waals surface area contributed by atoms with Crippen LogP contribution in [0, 0.1) is 18.8 Å². The molecule has 19 heavy (non-hydrogen) atoms. The number of hydrogen-bond acceptors (Lipinski definition) is 3. The molecule has 0 spiro atoms. The molecule has 1 amide bonds. The summed E-state index contributed by atoms with van der Waals surface area (Å²) in [5.41, 5.74) is 0.998. The Kier molecular flexibility index (Phi) is 4.92. The third-order valence-corrected chi connectivity index (χ3v) is 3.00. The van der Waals surface area contributed by atoms with Gasteiger partial charge in [-0.3, -0.25) is 9.59 Å². The zero-order valence-corrected chi connectivity index (χ0v) is 11.3. The molecule has 1 aromatic carbocycles. The van der Waals surface area contributed by atoms with Crippen LogP contribution >= 0.6 is 0 Å². The first-order valence-corrected chi connectivity index (χ1v) is 6.13. The largest absolute Gasteiger partial charge is 0.507 e. The number of phenols is 1. The number of carboxylic acid groups (broad SMARTS) is 1. The molecule has 0 saturated heterocycles. The Labute approximate surface area is 112 Å². The fraction of sp³-hybridized carbons (Fsp3) is 0.429. The molecule has 0 radical (unpaired) electrons. The molecule has 0 aliphatic rings. The minimum atomic E-state index is -0.941. The predicted molar refractivity (Wildman–Crippen MR) is 71.1 cm³/mol. The van der Waals surface area contributed by atoms with Gasteiger partial charge in [0.2, 0.25) is 0 Å². The van der Waals surface area contributed by atoms with Crippen LogP contribution in [0.1, 0.15) is 29.8 Å². The number of benzene rings is 1. The van der Waals surface area contributed by atoms with Gasteiger partial charge in [-0.2, -0.15) is 0 Å². The van der Waals surface area contributed by atoms with Crippen molar-refractivity contribution in [1.29, 1.82) is 0 Å². The molecule has 1 aromatic rings. The van der Waals surface area contributed by atoms with Crippen LogP contribution < -0.4 is 5.32 Å². The van der Waals surface area contributed by atoms with E-state index in [-0.39, 0.29) is 23.8 Å². The van der Waals surface area contributed by atoms with Gasteiger partial charge in [-0.25, -0.2) is 0 Å². The lowest BCUT2D eigenvalue weighted by Crippen LogP contribution is -2.35. The minimum Gasteiger partial charge on any atom is -0.507 e. The second-order valence-corrected chi connectivity index (χ2v) is 4.92. The average molecular weight is 265 g/mol. The Hall–Kier alpha value is -2.04. The fourth-order valence-electron chi connectivity index (χ4n) is 1.74. The highest BCUT2D eigenvalue weighted by Gasteiger charge is 2.22. The molecule has 0 heterocycles. The number of carbonyl (C=O) groups excluding carboxylic acids is 1. The zero-order valence-electron chi connectivity index (χ0n) is 11.3. The van der Waals surface area contributed by atoms with Crippen molar-refractivity contribution in [1.82, 2.24) is 5.32 Å². The van der Waals surface area contributed by atoms with Crippen LogP contribution in [0.2, 0.25) is 0 Å². The number of aliphatic carboxylic acids is 1. The van der Waals surface area contributed by atoms with Gasteiger partial charge in [-0.15, -0.1) is 0 Å². The summed E-state index contributed by atoms with van der Waals surface area (Å²) in [4.78, 5) is 22.9. The SMILES string of the molecule is Cc1ccc(C(=O)NCC(C(=O)O)C(C)C)c(O)c1. The Balaban J connectivity index is 2.72. The molecular weight excluding hydrogens is 246 g/mol. The lowest BCUT2D eigenvalue weighted by molar-refractivity contribution is -0.142. The summed E-state index contributed by atoms with van der Waals surface area (Å²) in [6.45, 7) is 5.42. The van der Waals surface area contributed by atoms with Crippen molar-refractivity contribution in [3.63, 3.8) is 0 Å². The molecule has 104 valence electrons. The third kappa shape index (κ3) is 3.98. The predicted octanol–water partition coefficient (Wildman–Crippen LogP) is 1.79. The van der Waals surface area contributed by atoms with E-state index in [1.54, 1.807) is 26.8 Å². The van der Waals surface area contributed by atoms with Crippen molar-refractivity contribution < 1.29 is 19.8 Å². The molecule has 1 unspecified atom stereocenters. The molecule has 5 nitrogen and oxygen atoms in total. The van der Waals surface area contributed by atoms with Gasteiger partial charge in [0.25, 0.3) is 5.91 Å². The normalized spacial score (nSPS) is 12.2. The van der Waals surface area contributed by atoms with Gasteiger partial charge in [0.05, 0.1) is 11.5 Å². The Morgan fingerprint density at radius 2 is 1.95 bits per heavy atom. The molecule has 0 saturated carbocycles. The quantitative estimate of drug-likeness (QED) is 0.757. The second-order valence-electron chi connectivity index (χ2n) is 4.92. The molecule has 3 N–H and O–H groups in total. The average Bonchev–Trinajstić information content (AvgIpc) is 2.27. The number of rotatable bonds is 5. The standard InChI is InChI=1S/C14H19NO4/c1-8(2)11(14(18)19)7-15-13(17)10-5-4-9(3)6-12(10)16/h4-6,8,11,16H,7H2,1-3H3,(H,15,17)(H,18,19). The van der Waals surface area contributed by atoms with Crippen LogP contribution in [0.15, 0.2) is 18.2 Å². The van der Waals surface area contributed by atoms with Gasteiger partial charge < -0.3 is 15.5 Å². The summed E-state index contributed by atoms with van der Waals surface area (Å²) < 4.78 is 0. The first-order valence-electron chi connectivity index (χ1n) is 6.13. The summed E-state index contributed by atoms with van der Waals surface area (Å²) in [5, 5.41) is 21.2. The molecule has 0 fully saturated rings. The minimum absolute atomic E-state index is 0.0408. The number of carbonyl (C=O) groups is 2. The van der Waals surface area contributed by atoms with Crippen LogP contribution in [0.5, 0.6) is 5.75 Å². The summed E-state index contributed by atoms with van der Waals surface area (Å²) in [6, 6.07) is 4.73. The fourth-order valence-corrected chi connectivity index (χ4v) is 1.74. The van der Waals surface area contributed by atoms with E-state index in [2.05, 4.69) is 5.32 Å². The lowest BCUT2D eigenvalue weighted by atomic mass is 9.96. The monoisotopic (exact) mass is 265 g/mol. The number of aromatic hydroxyl groups is 1. The van der Waals surface area contributed by atoms with Crippen molar-refractivity contribution in [3.8, 4) is 5.75 Å². The summed E-state index contributed by atoms with van der Waals surface area (Å²) >= 11 is 0. The van der Waals surface area contributed by atoms with E-state index in [0.29, 0.717) is 0 Å². The molecular formula is C14H19NO4. The zero-order chi connectivity index (χ0) is 14.6. The topological polar surface area (TPSA) is 86.6 Å². The van der Waals surface area contributed by atoms with Crippen molar-refractivity contribution in [2.24, 2.45) is 11.8 Å². The van der Waals surface area contributed by atoms with Crippen molar-refractivity contribution in [3.05, 3.63) is 29.3 Å². The summed E-state index contributed by atoms with van der Waals surface area (Å²) in [7, 11) is 0. The van der Waals surface area contributed by atoms with E-state index in [9.17, 15) is 14.7 Å². The van der Waals surface area contributed by atoms with Crippen molar-refractivity contribution in [2.75, 3.05) is 6.54 Å². The maximum atomic E-state index is 11.9. The first-order chi connectivity index (χ1) is 8.82. The first kappa shape index (κ1) is 15.0. The van der Waals surface area contributed by atoms with E-state index in [1.807, 2.05) is 0 Å². The van der Waals surface area contributed by atoms with Crippen LogP contribution in [0.25, 0.3) is 0 Å². The van der Waals surface area contributed by atoms with Crippen LogP contribution in [0.4, 0.5) is 0 Å². The van der Waals surface area contributed by atoms with Gasteiger partial charge in [0, 0.05) is 6.54 Å². The second kappa shape index (κ2) is 6.22. The van der Waals surface area contributed by atoms with Gasteiger partial charge in [0.15, 0.2) is 0 Å². The van der Waals surface area contributed by atoms with Gasteiger partial charge >= 0.3 is 5.97 Å². The number of amides is 1. The molecule has 0 aromatic heterocycles. The van der Waals surface area contributed by atoms with E-state index in [1.165, 1.54) is 12.1 Å². The Morgan fingerprint density at radius 1 is 1.32 bits per heavy atom. The Morgan fingerprint density at radius 3 is 2.42 bits per heavy atom. The molecule has 0 bridgehead atoms. The van der Waals surface area contributed by atoms with Crippen molar-refractivity contribution in [2.45, 2.75) is 20.8 Å². The van der Waals surface area contributed by atoms with Crippen LogP contribution in [-0.2, 0) is 4.79 Å². The third-order valence-electron chi connectivity index (χ3n) is 3.00. The smallest absolute Gasteiger partial charge is 0.308 e. The number of nitrogens with one attached hydrogen (secondary N) is 1. The molecule has 1 rings (SSSR count). The van der Waals surface area contributed by atoms with Gasteiger partial charge in [-0.05, 0) is 30.5 Å². The maximum absolute atomic E-state index is 11.9. The number of hydrogen-bond donors (Lipinski definition) is 3. The van der Waals surface area contributed by atoms with Gasteiger partial charge in [0.1, 0.15) is 5.75 Å². The summed E-state index contributed by atoms with van der Waals surface area (Å²) in [6.07, 6.45) is 0. The van der Waals surface area contributed by atoms with E-state index >= 15 is 0 Å². The Bertz CT molecular complexity index is 482. The van der Waals surface area contributed by atoms with Gasteiger partial charge in [-0.1, -0.05) is 19.9 Å². The number of carboxylic acids is 1. The summed E-state index contributed by atoms with van der Waals surface area (Å²) in [5.74, 6) is -2.23. The highest BCUT2D eigenvalue weighted by molar-refractivity contribution is 5.97. The lowest BCUT2D eigenvalue weighted by Gasteiger charge is -2.17. The van der Waals surface area contributed by atoms with E-state index in [4.69, 9.17) is 5.11 Å². The van der Waals surface area contributed by atoms with Crippen LogP contribution in [0.3, 0.4) is 0 Å². The van der Waals surface area contributed by atoms with Crippen LogP contribution in [-0.4, -0.2) is 28.6 Å². The van der Waals surface area contributed by atoms with E-state index < -0.39 is 17.8 Å². The highest BCUT2D eigenvalue weighted by atomic mass is 16.4.